The second-order valence-electron chi connectivity index (χ2n) is 5.68. The van der Waals surface area contributed by atoms with Crippen LogP contribution < -0.4 is 10.6 Å². The summed E-state index contributed by atoms with van der Waals surface area (Å²) in [6, 6.07) is 7.16. The van der Waals surface area contributed by atoms with Gasteiger partial charge in [0.25, 0.3) is 0 Å². The highest BCUT2D eigenvalue weighted by Crippen LogP contribution is 2.33. The number of halogens is 1. The third-order valence-corrected chi connectivity index (χ3v) is 4.40. The van der Waals surface area contributed by atoms with Gasteiger partial charge < -0.3 is 10.6 Å². The maximum atomic E-state index is 6.12. The largest absolute Gasteiger partial charge is 0.368 e. The number of piperidine rings is 1. The van der Waals surface area contributed by atoms with E-state index >= 15 is 0 Å². The Hall–Kier alpha value is -0.540. The van der Waals surface area contributed by atoms with Gasteiger partial charge in [-0.05, 0) is 56.4 Å². The van der Waals surface area contributed by atoms with Crippen LogP contribution in [-0.4, -0.2) is 12.6 Å². The molecule has 1 aliphatic rings. The number of nitrogens with zero attached hydrogens (tertiary/aromatic N) is 1. The van der Waals surface area contributed by atoms with Gasteiger partial charge in [-0.2, -0.15) is 0 Å². The molecule has 1 aromatic rings. The lowest BCUT2D eigenvalue weighted by atomic mass is 9.93. The van der Waals surface area contributed by atoms with Gasteiger partial charge in [-0.15, -0.1) is 0 Å². The molecule has 1 aliphatic heterocycles. The van der Waals surface area contributed by atoms with E-state index in [0.717, 1.165) is 16.9 Å². The Morgan fingerprint density at radius 2 is 2.06 bits per heavy atom. The van der Waals surface area contributed by atoms with Gasteiger partial charge in [-0.1, -0.05) is 22.9 Å². The summed E-state index contributed by atoms with van der Waals surface area (Å²) < 4.78 is 1.11. The number of benzene rings is 1. The van der Waals surface area contributed by atoms with Gasteiger partial charge in [0.05, 0.1) is 0 Å². The Morgan fingerprint density at radius 3 is 2.72 bits per heavy atom. The number of rotatable bonds is 2. The third kappa shape index (κ3) is 2.89. The van der Waals surface area contributed by atoms with Crippen molar-refractivity contribution in [1.29, 1.82) is 0 Å². The van der Waals surface area contributed by atoms with E-state index in [0.29, 0.717) is 6.04 Å². The Kier molecular flexibility index (Phi) is 4.33. The second-order valence-corrected chi connectivity index (χ2v) is 6.59. The molecule has 1 saturated heterocycles. The monoisotopic (exact) mass is 310 g/mol. The maximum absolute atomic E-state index is 6.12. The van der Waals surface area contributed by atoms with Gasteiger partial charge in [0.15, 0.2) is 0 Å². The minimum absolute atomic E-state index is 0.0712. The zero-order valence-electron chi connectivity index (χ0n) is 11.5. The van der Waals surface area contributed by atoms with Crippen molar-refractivity contribution in [2.75, 3.05) is 11.4 Å². The molecule has 1 fully saturated rings. The predicted octanol–water partition coefficient (Wildman–Crippen LogP) is 4.09. The Bertz CT molecular complexity index is 417. The minimum atomic E-state index is 0.0712. The van der Waals surface area contributed by atoms with Crippen LogP contribution in [-0.2, 0) is 0 Å². The van der Waals surface area contributed by atoms with Gasteiger partial charge in [0.1, 0.15) is 0 Å². The van der Waals surface area contributed by atoms with E-state index in [1.165, 1.54) is 24.1 Å². The lowest BCUT2D eigenvalue weighted by Gasteiger charge is -2.40. The summed E-state index contributed by atoms with van der Waals surface area (Å²) in [5, 5.41) is 0. The summed E-state index contributed by atoms with van der Waals surface area (Å²) in [5.74, 6) is 0.769. The first-order valence-electron chi connectivity index (χ1n) is 6.80. The average molecular weight is 311 g/mol. The van der Waals surface area contributed by atoms with E-state index in [9.17, 15) is 0 Å². The fourth-order valence-electron chi connectivity index (χ4n) is 2.78. The van der Waals surface area contributed by atoms with Crippen LogP contribution in [0.25, 0.3) is 0 Å². The van der Waals surface area contributed by atoms with Crippen LogP contribution in [0.15, 0.2) is 22.7 Å². The predicted molar refractivity (Wildman–Crippen MR) is 82.0 cm³/mol. The standard InChI is InChI=1S/C15H23BrN2/c1-10-4-5-11(2)18(9-10)15-7-6-13(16)8-14(15)12(3)17/h6-8,10-12H,4-5,9,17H2,1-3H3. The molecule has 3 unspecified atom stereocenters. The highest BCUT2D eigenvalue weighted by atomic mass is 79.9. The molecular formula is C15H23BrN2. The first kappa shape index (κ1) is 13.9. The molecule has 0 spiro atoms. The SMILES string of the molecule is CC1CCC(C)N(c2ccc(Br)cc2C(C)N)C1. The zero-order chi connectivity index (χ0) is 13.3. The van der Waals surface area contributed by atoms with E-state index in [2.05, 4.69) is 59.8 Å². The fraction of sp³-hybridized carbons (Fsp3) is 0.600. The molecule has 1 aromatic carbocycles. The van der Waals surface area contributed by atoms with E-state index < -0.39 is 0 Å². The van der Waals surface area contributed by atoms with Crippen LogP contribution in [0.1, 0.15) is 45.2 Å². The van der Waals surface area contributed by atoms with Crippen LogP contribution in [0.2, 0.25) is 0 Å². The van der Waals surface area contributed by atoms with E-state index in [4.69, 9.17) is 5.73 Å². The summed E-state index contributed by atoms with van der Waals surface area (Å²) in [6.45, 7) is 7.86. The molecule has 2 rings (SSSR count). The van der Waals surface area contributed by atoms with Crippen LogP contribution >= 0.6 is 15.9 Å². The summed E-state index contributed by atoms with van der Waals surface area (Å²) in [4.78, 5) is 2.53. The van der Waals surface area contributed by atoms with Crippen LogP contribution in [0, 0.1) is 5.92 Å². The lowest BCUT2D eigenvalue weighted by Crippen LogP contribution is -2.41. The normalized spacial score (nSPS) is 26.2. The number of nitrogens with two attached hydrogens (primary N) is 1. The van der Waals surface area contributed by atoms with Gasteiger partial charge in [0, 0.05) is 28.8 Å². The first-order valence-corrected chi connectivity index (χ1v) is 7.60. The molecule has 2 nitrogen and oxygen atoms in total. The van der Waals surface area contributed by atoms with E-state index in [-0.39, 0.29) is 6.04 Å². The molecule has 3 heteroatoms. The van der Waals surface area contributed by atoms with E-state index in [1.807, 2.05) is 0 Å². The second kappa shape index (κ2) is 5.62. The van der Waals surface area contributed by atoms with Crippen LogP contribution in [0.4, 0.5) is 5.69 Å². The molecule has 0 amide bonds. The third-order valence-electron chi connectivity index (χ3n) is 3.91. The lowest BCUT2D eigenvalue weighted by molar-refractivity contribution is 0.389. The summed E-state index contributed by atoms with van der Waals surface area (Å²) in [7, 11) is 0. The van der Waals surface area contributed by atoms with Crippen molar-refractivity contribution >= 4 is 21.6 Å². The van der Waals surface area contributed by atoms with Crippen molar-refractivity contribution < 1.29 is 0 Å². The maximum Gasteiger partial charge on any atom is 0.0417 e. The van der Waals surface area contributed by atoms with Crippen LogP contribution in [0.5, 0.6) is 0 Å². The van der Waals surface area contributed by atoms with Crippen molar-refractivity contribution in [3.8, 4) is 0 Å². The highest BCUT2D eigenvalue weighted by molar-refractivity contribution is 9.10. The van der Waals surface area contributed by atoms with Crippen molar-refractivity contribution in [1.82, 2.24) is 0 Å². The van der Waals surface area contributed by atoms with Gasteiger partial charge >= 0.3 is 0 Å². The van der Waals surface area contributed by atoms with Crippen molar-refractivity contribution in [2.45, 2.75) is 45.7 Å². The zero-order valence-corrected chi connectivity index (χ0v) is 13.1. The number of anilines is 1. The molecule has 18 heavy (non-hydrogen) atoms. The van der Waals surface area contributed by atoms with Gasteiger partial charge in [-0.25, -0.2) is 0 Å². The molecule has 0 saturated carbocycles. The molecule has 100 valence electrons. The molecule has 1 heterocycles. The molecule has 0 aliphatic carbocycles. The first-order chi connectivity index (χ1) is 8.49. The Balaban J connectivity index is 2.36. The molecule has 0 aromatic heterocycles. The molecule has 0 bridgehead atoms. The minimum Gasteiger partial charge on any atom is -0.368 e. The van der Waals surface area contributed by atoms with Crippen molar-refractivity contribution in [3.05, 3.63) is 28.2 Å². The average Bonchev–Trinajstić information content (AvgIpc) is 2.32. The molecule has 0 radical (unpaired) electrons. The van der Waals surface area contributed by atoms with Gasteiger partial charge in [0.2, 0.25) is 0 Å². The number of hydrogen-bond donors (Lipinski definition) is 1. The summed E-state index contributed by atoms with van der Waals surface area (Å²) >= 11 is 3.54. The fourth-order valence-corrected chi connectivity index (χ4v) is 3.15. The van der Waals surface area contributed by atoms with Crippen molar-refractivity contribution in [3.63, 3.8) is 0 Å². The highest BCUT2D eigenvalue weighted by Gasteiger charge is 2.25. The Morgan fingerprint density at radius 1 is 1.33 bits per heavy atom. The summed E-state index contributed by atoms with van der Waals surface area (Å²) in [6.07, 6.45) is 2.61. The van der Waals surface area contributed by atoms with E-state index in [1.54, 1.807) is 0 Å². The molecule has 2 N–H and O–H groups in total. The van der Waals surface area contributed by atoms with Crippen molar-refractivity contribution in [2.24, 2.45) is 11.7 Å². The summed E-state index contributed by atoms with van der Waals surface area (Å²) in [5.41, 5.74) is 8.68. The molecular weight excluding hydrogens is 288 g/mol. The van der Waals surface area contributed by atoms with Gasteiger partial charge in [-0.3, -0.25) is 0 Å². The number of hydrogen-bond acceptors (Lipinski definition) is 2. The van der Waals surface area contributed by atoms with Crippen LogP contribution in [0.3, 0.4) is 0 Å². The Labute approximate surface area is 119 Å². The topological polar surface area (TPSA) is 29.3 Å². The smallest absolute Gasteiger partial charge is 0.0417 e. The molecule has 3 atom stereocenters. The quantitative estimate of drug-likeness (QED) is 0.891.